The predicted octanol–water partition coefficient (Wildman–Crippen LogP) is 3.13. The van der Waals surface area contributed by atoms with Crippen LogP contribution in [0.5, 0.6) is 0 Å². The molecule has 1 N–H and O–H groups in total. The van der Waals surface area contributed by atoms with Gasteiger partial charge in [-0.05, 0) is 20.3 Å². The van der Waals surface area contributed by atoms with Crippen molar-refractivity contribution in [1.29, 1.82) is 0 Å². The van der Waals surface area contributed by atoms with Crippen molar-refractivity contribution in [3.63, 3.8) is 0 Å². The van der Waals surface area contributed by atoms with Gasteiger partial charge in [-0.3, -0.25) is 0 Å². The number of rotatable bonds is 9. The van der Waals surface area contributed by atoms with Gasteiger partial charge in [-0.25, -0.2) is 0 Å². The van der Waals surface area contributed by atoms with Crippen molar-refractivity contribution < 1.29 is 9.84 Å². The van der Waals surface area contributed by atoms with Crippen LogP contribution in [0.4, 0.5) is 0 Å². The summed E-state index contributed by atoms with van der Waals surface area (Å²) < 4.78 is 5.46. The molecule has 2 atom stereocenters. The highest BCUT2D eigenvalue weighted by Crippen LogP contribution is 2.06. The van der Waals surface area contributed by atoms with Gasteiger partial charge in [0.1, 0.15) is 0 Å². The topological polar surface area (TPSA) is 29.5 Å². The van der Waals surface area contributed by atoms with Gasteiger partial charge in [0.25, 0.3) is 0 Å². The van der Waals surface area contributed by atoms with E-state index in [1.807, 2.05) is 6.92 Å². The number of unbranched alkanes of at least 4 members (excludes halogenated alkanes) is 5. The standard InChI is InChI=1S/C12H26O2/c1-4-5-6-7-8-9-10-14-12(3)11(2)13/h11-13H,4-10H2,1-3H3/t11-,12?/m1/s1. The van der Waals surface area contributed by atoms with Crippen molar-refractivity contribution in [2.75, 3.05) is 6.61 Å². The van der Waals surface area contributed by atoms with Crippen LogP contribution in [0.2, 0.25) is 0 Å². The fourth-order valence-corrected chi connectivity index (χ4v) is 1.29. The molecule has 0 aromatic heterocycles. The first-order chi connectivity index (χ1) is 6.68. The molecule has 0 aliphatic heterocycles. The third-order valence-corrected chi connectivity index (χ3v) is 2.56. The zero-order valence-corrected chi connectivity index (χ0v) is 9.96. The van der Waals surface area contributed by atoms with E-state index in [0.717, 1.165) is 13.0 Å². The molecule has 2 heteroatoms. The normalized spacial score (nSPS) is 15.4. The molecule has 2 nitrogen and oxygen atoms in total. The lowest BCUT2D eigenvalue weighted by molar-refractivity contribution is -0.0194. The summed E-state index contributed by atoms with van der Waals surface area (Å²) >= 11 is 0. The molecule has 0 aliphatic rings. The van der Waals surface area contributed by atoms with E-state index >= 15 is 0 Å². The van der Waals surface area contributed by atoms with Crippen molar-refractivity contribution in [3.05, 3.63) is 0 Å². The number of ether oxygens (including phenoxy) is 1. The third-order valence-electron chi connectivity index (χ3n) is 2.56. The first kappa shape index (κ1) is 13.9. The molecule has 14 heavy (non-hydrogen) atoms. The van der Waals surface area contributed by atoms with E-state index < -0.39 is 0 Å². The maximum absolute atomic E-state index is 9.17. The average Bonchev–Trinajstić information content (AvgIpc) is 2.16. The van der Waals surface area contributed by atoms with Gasteiger partial charge in [0.2, 0.25) is 0 Å². The van der Waals surface area contributed by atoms with Crippen LogP contribution in [0.3, 0.4) is 0 Å². The van der Waals surface area contributed by atoms with E-state index in [2.05, 4.69) is 6.92 Å². The molecule has 0 radical (unpaired) electrons. The van der Waals surface area contributed by atoms with Gasteiger partial charge < -0.3 is 9.84 Å². The summed E-state index contributed by atoms with van der Waals surface area (Å²) in [5.41, 5.74) is 0. The Kier molecular flexibility index (Phi) is 9.42. The molecule has 86 valence electrons. The Morgan fingerprint density at radius 1 is 1.00 bits per heavy atom. The maximum Gasteiger partial charge on any atom is 0.0803 e. The van der Waals surface area contributed by atoms with Crippen LogP contribution in [0.1, 0.15) is 59.3 Å². The second-order valence-electron chi connectivity index (χ2n) is 4.08. The molecular weight excluding hydrogens is 176 g/mol. The Bertz CT molecular complexity index is 113. The summed E-state index contributed by atoms with van der Waals surface area (Å²) in [6.07, 6.45) is 7.33. The maximum atomic E-state index is 9.17. The lowest BCUT2D eigenvalue weighted by Crippen LogP contribution is -2.23. The summed E-state index contributed by atoms with van der Waals surface area (Å²) in [7, 11) is 0. The van der Waals surface area contributed by atoms with Gasteiger partial charge >= 0.3 is 0 Å². The SMILES string of the molecule is CCCCCCCCOC(C)[C@@H](C)O. The molecule has 1 unspecified atom stereocenters. The summed E-state index contributed by atoms with van der Waals surface area (Å²) in [6, 6.07) is 0. The van der Waals surface area contributed by atoms with E-state index in [9.17, 15) is 0 Å². The predicted molar refractivity (Wildman–Crippen MR) is 60.5 cm³/mol. The molecular formula is C12H26O2. The van der Waals surface area contributed by atoms with E-state index in [0.29, 0.717) is 0 Å². The fraction of sp³-hybridized carbons (Fsp3) is 1.00. The largest absolute Gasteiger partial charge is 0.391 e. The zero-order chi connectivity index (χ0) is 10.8. The number of aliphatic hydroxyl groups is 1. The molecule has 0 saturated carbocycles. The van der Waals surface area contributed by atoms with E-state index in [-0.39, 0.29) is 12.2 Å². The monoisotopic (exact) mass is 202 g/mol. The van der Waals surface area contributed by atoms with E-state index in [1.165, 1.54) is 32.1 Å². The van der Waals surface area contributed by atoms with E-state index in [1.54, 1.807) is 6.92 Å². The van der Waals surface area contributed by atoms with Crippen LogP contribution < -0.4 is 0 Å². The Morgan fingerprint density at radius 3 is 2.14 bits per heavy atom. The van der Waals surface area contributed by atoms with Crippen LogP contribution in [-0.2, 0) is 4.74 Å². The van der Waals surface area contributed by atoms with Gasteiger partial charge in [-0.2, -0.15) is 0 Å². The van der Waals surface area contributed by atoms with Crippen molar-refractivity contribution in [2.45, 2.75) is 71.5 Å². The van der Waals surface area contributed by atoms with Gasteiger partial charge in [0.05, 0.1) is 12.2 Å². The first-order valence-corrected chi connectivity index (χ1v) is 5.98. The van der Waals surface area contributed by atoms with Gasteiger partial charge in [0.15, 0.2) is 0 Å². The molecule has 0 spiro atoms. The highest BCUT2D eigenvalue weighted by Gasteiger charge is 2.07. The highest BCUT2D eigenvalue weighted by atomic mass is 16.5. The Hall–Kier alpha value is -0.0800. The van der Waals surface area contributed by atoms with Gasteiger partial charge in [0, 0.05) is 6.61 Å². The smallest absolute Gasteiger partial charge is 0.0803 e. The lowest BCUT2D eigenvalue weighted by Gasteiger charge is -2.15. The summed E-state index contributed by atoms with van der Waals surface area (Å²) in [5.74, 6) is 0. The fourth-order valence-electron chi connectivity index (χ4n) is 1.29. The number of hydrogen-bond acceptors (Lipinski definition) is 2. The second kappa shape index (κ2) is 9.47. The Labute approximate surface area is 88.7 Å². The van der Waals surface area contributed by atoms with Crippen LogP contribution in [0.25, 0.3) is 0 Å². The second-order valence-corrected chi connectivity index (χ2v) is 4.08. The van der Waals surface area contributed by atoms with Gasteiger partial charge in [-0.1, -0.05) is 39.0 Å². The third kappa shape index (κ3) is 8.52. The summed E-state index contributed by atoms with van der Waals surface area (Å²) in [4.78, 5) is 0. The van der Waals surface area contributed by atoms with Crippen LogP contribution in [0, 0.1) is 0 Å². The molecule has 0 aromatic carbocycles. The van der Waals surface area contributed by atoms with Crippen molar-refractivity contribution in [3.8, 4) is 0 Å². The van der Waals surface area contributed by atoms with E-state index in [4.69, 9.17) is 9.84 Å². The van der Waals surface area contributed by atoms with Crippen LogP contribution in [0.15, 0.2) is 0 Å². The first-order valence-electron chi connectivity index (χ1n) is 5.98. The summed E-state index contributed by atoms with van der Waals surface area (Å²) in [5, 5.41) is 9.17. The minimum Gasteiger partial charge on any atom is -0.391 e. The van der Waals surface area contributed by atoms with Crippen LogP contribution >= 0.6 is 0 Å². The average molecular weight is 202 g/mol. The molecule has 0 amide bonds. The lowest BCUT2D eigenvalue weighted by atomic mass is 10.1. The van der Waals surface area contributed by atoms with Crippen LogP contribution in [-0.4, -0.2) is 23.9 Å². The van der Waals surface area contributed by atoms with Crippen molar-refractivity contribution in [2.24, 2.45) is 0 Å². The molecule has 0 aliphatic carbocycles. The molecule has 0 aromatic rings. The Balaban J connectivity index is 3.06. The molecule has 0 fully saturated rings. The van der Waals surface area contributed by atoms with Crippen molar-refractivity contribution in [1.82, 2.24) is 0 Å². The molecule has 0 bridgehead atoms. The quantitative estimate of drug-likeness (QED) is 0.582. The number of hydrogen-bond donors (Lipinski definition) is 1. The molecule has 0 saturated heterocycles. The number of aliphatic hydroxyl groups excluding tert-OH is 1. The summed E-state index contributed by atoms with van der Waals surface area (Å²) in [6.45, 7) is 6.71. The zero-order valence-electron chi connectivity index (χ0n) is 9.96. The van der Waals surface area contributed by atoms with Gasteiger partial charge in [-0.15, -0.1) is 0 Å². The molecule has 0 heterocycles. The molecule has 0 rings (SSSR count). The highest BCUT2D eigenvalue weighted by molar-refractivity contribution is 4.56. The minimum atomic E-state index is -0.352. The minimum absolute atomic E-state index is 0.0226. The van der Waals surface area contributed by atoms with Crippen molar-refractivity contribution >= 4 is 0 Å². The Morgan fingerprint density at radius 2 is 1.57 bits per heavy atom.